The van der Waals surface area contributed by atoms with Crippen molar-refractivity contribution in [3.63, 3.8) is 0 Å². The highest BCUT2D eigenvalue weighted by Gasteiger charge is 2.12. The molecule has 0 unspecified atom stereocenters. The number of hydrogen-bond donors (Lipinski definition) is 1. The average molecular weight is 343 g/mol. The highest BCUT2D eigenvalue weighted by atomic mass is 127. The molecule has 0 aliphatic rings. The second kappa shape index (κ2) is 5.59. The smallest absolute Gasteiger partial charge is 0.248 e. The number of rotatable bonds is 4. The van der Waals surface area contributed by atoms with Crippen molar-refractivity contribution in [3.8, 4) is 11.5 Å². The molecule has 0 atom stereocenters. The molecule has 5 heteroatoms. The fraction of sp³-hybridized carbons (Fsp3) is 0.333. The van der Waals surface area contributed by atoms with Gasteiger partial charge >= 0.3 is 0 Å². The summed E-state index contributed by atoms with van der Waals surface area (Å²) in [6.45, 7) is 5.62. The predicted molar refractivity (Wildman–Crippen MR) is 74.6 cm³/mol. The molecule has 1 aromatic carbocycles. The Labute approximate surface area is 114 Å². The van der Waals surface area contributed by atoms with E-state index in [1.54, 1.807) is 0 Å². The molecule has 0 saturated carbocycles. The van der Waals surface area contributed by atoms with Crippen LogP contribution in [0.5, 0.6) is 0 Å². The quantitative estimate of drug-likeness (QED) is 0.868. The minimum atomic E-state index is 0.589. The van der Waals surface area contributed by atoms with E-state index in [0.717, 1.165) is 15.7 Å². The Morgan fingerprint density at radius 1 is 1.35 bits per heavy atom. The molecule has 1 aromatic heterocycles. The normalized spacial score (nSPS) is 10.8. The third-order valence-electron chi connectivity index (χ3n) is 2.42. The first-order chi connectivity index (χ1) is 8.22. The van der Waals surface area contributed by atoms with Crippen molar-refractivity contribution in [1.82, 2.24) is 15.5 Å². The first kappa shape index (κ1) is 12.5. The molecule has 0 fully saturated rings. The zero-order valence-electron chi connectivity index (χ0n) is 9.83. The van der Waals surface area contributed by atoms with Crippen LogP contribution in [0.1, 0.15) is 18.4 Å². The average Bonchev–Trinajstić information content (AvgIpc) is 2.78. The summed E-state index contributed by atoms with van der Waals surface area (Å²) in [4.78, 5) is 0. The molecule has 0 aliphatic carbocycles. The third kappa shape index (κ3) is 2.84. The van der Waals surface area contributed by atoms with Crippen LogP contribution in [0, 0.1) is 10.5 Å². The van der Waals surface area contributed by atoms with Crippen molar-refractivity contribution in [1.29, 1.82) is 0 Å². The van der Waals surface area contributed by atoms with Crippen LogP contribution in [0.2, 0.25) is 0 Å². The Kier molecular flexibility index (Phi) is 4.11. The number of nitrogens with zero attached hydrogens (tertiary/aromatic N) is 2. The van der Waals surface area contributed by atoms with Crippen molar-refractivity contribution in [2.75, 3.05) is 6.54 Å². The van der Waals surface area contributed by atoms with Crippen LogP contribution in [-0.2, 0) is 6.54 Å². The Morgan fingerprint density at radius 3 is 2.94 bits per heavy atom. The fourth-order valence-electron chi connectivity index (χ4n) is 1.48. The molecule has 1 heterocycles. The number of nitrogens with one attached hydrogen (secondary N) is 1. The number of aromatic nitrogens is 2. The van der Waals surface area contributed by atoms with Crippen LogP contribution < -0.4 is 5.32 Å². The second-order valence-electron chi connectivity index (χ2n) is 3.72. The van der Waals surface area contributed by atoms with Gasteiger partial charge in [-0.2, -0.15) is 0 Å². The van der Waals surface area contributed by atoms with Gasteiger partial charge in [-0.3, -0.25) is 0 Å². The zero-order valence-corrected chi connectivity index (χ0v) is 12.0. The molecule has 17 heavy (non-hydrogen) atoms. The van der Waals surface area contributed by atoms with Crippen molar-refractivity contribution >= 4 is 22.6 Å². The molecule has 0 radical (unpaired) electrons. The van der Waals surface area contributed by atoms with E-state index < -0.39 is 0 Å². The predicted octanol–water partition coefficient (Wildman–Crippen LogP) is 2.76. The van der Waals surface area contributed by atoms with Crippen LogP contribution in [0.25, 0.3) is 11.5 Å². The summed E-state index contributed by atoms with van der Waals surface area (Å²) in [6.07, 6.45) is 0. The van der Waals surface area contributed by atoms with Crippen LogP contribution in [-0.4, -0.2) is 16.7 Å². The van der Waals surface area contributed by atoms with Gasteiger partial charge in [0.1, 0.15) is 0 Å². The summed E-state index contributed by atoms with van der Waals surface area (Å²) in [5, 5.41) is 11.3. The maximum Gasteiger partial charge on any atom is 0.248 e. The van der Waals surface area contributed by atoms with Gasteiger partial charge in [0, 0.05) is 3.57 Å². The molecule has 2 rings (SSSR count). The fourth-order valence-corrected chi connectivity index (χ4v) is 2.07. The van der Waals surface area contributed by atoms with E-state index >= 15 is 0 Å². The maximum absolute atomic E-state index is 5.62. The van der Waals surface area contributed by atoms with E-state index in [2.05, 4.69) is 51.1 Å². The largest absolute Gasteiger partial charge is 0.419 e. The summed E-state index contributed by atoms with van der Waals surface area (Å²) in [5.74, 6) is 1.21. The van der Waals surface area contributed by atoms with Gasteiger partial charge < -0.3 is 9.73 Å². The Balaban J connectivity index is 2.27. The Hall–Kier alpha value is -0.950. The van der Waals surface area contributed by atoms with E-state index in [1.165, 1.54) is 5.56 Å². The number of benzene rings is 1. The van der Waals surface area contributed by atoms with Gasteiger partial charge in [0.25, 0.3) is 0 Å². The molecule has 0 saturated heterocycles. The highest BCUT2D eigenvalue weighted by Crippen LogP contribution is 2.26. The molecule has 0 amide bonds. The monoisotopic (exact) mass is 343 g/mol. The van der Waals surface area contributed by atoms with Crippen molar-refractivity contribution in [2.24, 2.45) is 0 Å². The van der Waals surface area contributed by atoms with Gasteiger partial charge in [-0.25, -0.2) is 0 Å². The molecule has 0 bridgehead atoms. The molecular weight excluding hydrogens is 329 g/mol. The standard InChI is InChI=1S/C12H14IN3O/c1-3-14-7-10-15-16-12(17-10)9-6-4-5-8(2)11(9)13/h4-6,14H,3,7H2,1-2H3. The summed E-state index contributed by atoms with van der Waals surface area (Å²) in [6, 6.07) is 6.07. The van der Waals surface area contributed by atoms with Gasteiger partial charge in [-0.05, 0) is 47.7 Å². The zero-order chi connectivity index (χ0) is 12.3. The van der Waals surface area contributed by atoms with Gasteiger partial charge in [-0.15, -0.1) is 10.2 Å². The molecule has 0 spiro atoms. The van der Waals surface area contributed by atoms with Crippen molar-refractivity contribution in [2.45, 2.75) is 20.4 Å². The lowest BCUT2D eigenvalue weighted by Gasteiger charge is -2.02. The molecule has 1 N–H and O–H groups in total. The molecule has 4 nitrogen and oxygen atoms in total. The van der Waals surface area contributed by atoms with Crippen LogP contribution in [0.15, 0.2) is 22.6 Å². The minimum absolute atomic E-state index is 0.589. The summed E-state index contributed by atoms with van der Waals surface area (Å²) in [7, 11) is 0. The lowest BCUT2D eigenvalue weighted by atomic mass is 10.1. The second-order valence-corrected chi connectivity index (χ2v) is 4.80. The van der Waals surface area contributed by atoms with Crippen LogP contribution >= 0.6 is 22.6 Å². The molecular formula is C12H14IN3O. The Bertz CT molecular complexity index is 510. The summed E-state index contributed by atoms with van der Waals surface area (Å²) in [5.41, 5.74) is 2.22. The first-order valence-corrected chi connectivity index (χ1v) is 6.58. The van der Waals surface area contributed by atoms with Crippen molar-refractivity contribution < 1.29 is 4.42 Å². The van der Waals surface area contributed by atoms with Crippen LogP contribution in [0.3, 0.4) is 0 Å². The van der Waals surface area contributed by atoms with Gasteiger partial charge in [0.2, 0.25) is 11.8 Å². The third-order valence-corrected chi connectivity index (χ3v) is 3.85. The summed E-state index contributed by atoms with van der Waals surface area (Å²) >= 11 is 2.30. The lowest BCUT2D eigenvalue weighted by molar-refractivity contribution is 0.482. The SMILES string of the molecule is CCNCc1nnc(-c2cccc(C)c2I)o1. The number of hydrogen-bond acceptors (Lipinski definition) is 4. The summed E-state index contributed by atoms with van der Waals surface area (Å²) < 4.78 is 6.77. The number of halogens is 1. The molecule has 0 aliphatic heterocycles. The van der Waals surface area contributed by atoms with E-state index in [1.807, 2.05) is 19.1 Å². The van der Waals surface area contributed by atoms with E-state index in [9.17, 15) is 0 Å². The van der Waals surface area contributed by atoms with Gasteiger partial charge in [0.15, 0.2) is 0 Å². The van der Waals surface area contributed by atoms with E-state index in [0.29, 0.717) is 18.3 Å². The van der Waals surface area contributed by atoms with E-state index in [4.69, 9.17) is 4.42 Å². The Morgan fingerprint density at radius 2 is 2.18 bits per heavy atom. The lowest BCUT2D eigenvalue weighted by Crippen LogP contribution is -2.11. The van der Waals surface area contributed by atoms with Gasteiger partial charge in [0.05, 0.1) is 12.1 Å². The minimum Gasteiger partial charge on any atom is -0.419 e. The van der Waals surface area contributed by atoms with Crippen molar-refractivity contribution in [3.05, 3.63) is 33.2 Å². The first-order valence-electron chi connectivity index (χ1n) is 5.51. The van der Waals surface area contributed by atoms with Gasteiger partial charge in [-0.1, -0.05) is 19.1 Å². The van der Waals surface area contributed by atoms with E-state index in [-0.39, 0.29) is 0 Å². The molecule has 90 valence electrons. The van der Waals surface area contributed by atoms with Crippen LogP contribution in [0.4, 0.5) is 0 Å². The maximum atomic E-state index is 5.62. The molecule has 2 aromatic rings. The highest BCUT2D eigenvalue weighted by molar-refractivity contribution is 14.1. The topological polar surface area (TPSA) is 51.0 Å². The number of aryl methyl sites for hydroxylation is 1.